The van der Waals surface area contributed by atoms with Gasteiger partial charge in [0.05, 0.1) is 23.8 Å². The third kappa shape index (κ3) is 14.3. The molecule has 1 aromatic heterocycles. The molecule has 7 N–H and O–H groups in total. The Hall–Kier alpha value is -4.04. The minimum Gasteiger partial charge on any atom is -0.456 e. The van der Waals surface area contributed by atoms with Crippen LogP contribution in [0, 0.1) is 11.8 Å². The van der Waals surface area contributed by atoms with Crippen LogP contribution in [0.3, 0.4) is 0 Å². The molecule has 23 nitrogen and oxygen atoms in total. The summed E-state index contributed by atoms with van der Waals surface area (Å²) in [6.07, 6.45) is -3.86. The first-order chi connectivity index (χ1) is 28.2. The monoisotopic (exact) mass is 934 g/mol. The van der Waals surface area contributed by atoms with Crippen molar-refractivity contribution in [1.29, 1.82) is 0 Å². The maximum Gasteiger partial charge on any atom is 0.490 e. The molecule has 60 heavy (non-hydrogen) atoms. The number of esters is 2. The van der Waals surface area contributed by atoms with E-state index in [1.807, 2.05) is 6.92 Å². The first kappa shape index (κ1) is 48.6. The molecule has 5 unspecified atom stereocenters. The molecule has 0 aliphatic carbocycles. The van der Waals surface area contributed by atoms with Gasteiger partial charge in [-0.1, -0.05) is 81.9 Å². The first-order valence-electron chi connectivity index (χ1n) is 17.1. The number of hydrogen-bond donors (Lipinski definition) is 6. The van der Waals surface area contributed by atoms with Gasteiger partial charge in [0.15, 0.2) is 6.61 Å². The fourth-order valence-corrected chi connectivity index (χ4v) is 10.6. The molecule has 2 aromatic carbocycles. The number of azide groups is 1. The van der Waals surface area contributed by atoms with E-state index in [4.69, 9.17) is 39.8 Å². The van der Waals surface area contributed by atoms with Crippen molar-refractivity contribution in [2.24, 2.45) is 10.8 Å². The quantitative estimate of drug-likeness (QED) is 0.0142. The minimum atomic E-state index is -5.90. The van der Waals surface area contributed by atoms with Crippen LogP contribution >= 0.6 is 45.1 Å². The lowest BCUT2D eigenvalue weighted by molar-refractivity contribution is -0.0512. The number of phosphoric ester groups is 1. The van der Waals surface area contributed by atoms with Crippen LogP contribution < -0.4 is 17.0 Å². The molecule has 0 amide bonds. The Labute approximate surface area is 347 Å². The fourth-order valence-electron chi connectivity index (χ4n) is 5.39. The molecule has 1 aliphatic rings. The Morgan fingerprint density at radius 2 is 1.68 bits per heavy atom. The van der Waals surface area contributed by atoms with Crippen molar-refractivity contribution in [1.82, 2.24) is 9.55 Å². The molecule has 0 radical (unpaired) electrons. The van der Waals surface area contributed by atoms with Crippen molar-refractivity contribution >= 4 is 57.0 Å². The van der Waals surface area contributed by atoms with Gasteiger partial charge in [0.25, 0.3) is 5.56 Å². The second-order valence-corrected chi connectivity index (χ2v) is 19.4. The largest absolute Gasteiger partial charge is 0.490 e. The lowest BCUT2D eigenvalue weighted by Crippen LogP contribution is -2.33. The molecule has 324 valence electrons. The smallest absolute Gasteiger partial charge is 0.456 e. The van der Waals surface area contributed by atoms with Crippen LogP contribution in [-0.2, 0) is 41.1 Å². The molecule has 1 fully saturated rings. The molecule has 0 bridgehead atoms. The van der Waals surface area contributed by atoms with Gasteiger partial charge in [0.1, 0.15) is 24.0 Å². The third-order valence-electron chi connectivity index (χ3n) is 7.92. The zero-order chi connectivity index (χ0) is 44.3. The number of aromatic amines is 1. The summed E-state index contributed by atoms with van der Waals surface area (Å²) in [4.78, 5) is 94.3. The van der Waals surface area contributed by atoms with Crippen molar-refractivity contribution in [3.05, 3.63) is 114 Å². The third-order valence-corrected chi connectivity index (χ3v) is 14.6. The van der Waals surface area contributed by atoms with Crippen molar-refractivity contribution in [3.63, 3.8) is 0 Å². The van der Waals surface area contributed by atoms with Crippen LogP contribution in [0.4, 0.5) is 0 Å². The van der Waals surface area contributed by atoms with Crippen LogP contribution in [0.5, 0.6) is 0 Å². The molecule has 1 aliphatic heterocycles. The van der Waals surface area contributed by atoms with E-state index in [0.717, 1.165) is 22.1 Å². The predicted octanol–water partition coefficient (Wildman–Crippen LogP) is 4.37. The summed E-state index contributed by atoms with van der Waals surface area (Å²) >= 11 is 0. The number of hydrogen-bond acceptors (Lipinski definition) is 17. The number of ether oxygens (including phenoxy) is 3. The molecule has 0 saturated carbocycles. The lowest BCUT2D eigenvalue weighted by Gasteiger charge is -2.21. The predicted molar refractivity (Wildman–Crippen MR) is 214 cm³/mol. The van der Waals surface area contributed by atoms with E-state index < -0.39 is 90.8 Å². The van der Waals surface area contributed by atoms with E-state index >= 15 is 0 Å². The lowest BCUT2D eigenvalue weighted by atomic mass is 10.0. The molecular weight excluding hydrogens is 897 g/mol. The number of phosphoric acid groups is 3. The SMILES string of the molecule is CC(N=[N+]=[N-])c1ccccc1C(=O)OC1C[C@H](n2cc(C#CCOC(=O)c3ccccc3C(C)SSCCN)c(=O)[nH]c2=O)O[C@@H]1COP(=O)(O)OP(=O)(O)OP(=O)(O)O. The molecule has 3 aromatic rings. The number of rotatable bonds is 19. The summed E-state index contributed by atoms with van der Waals surface area (Å²) in [5, 5.41) is 3.50. The van der Waals surface area contributed by atoms with E-state index in [1.165, 1.54) is 35.9 Å². The summed E-state index contributed by atoms with van der Waals surface area (Å²) in [6.45, 7) is 2.38. The summed E-state index contributed by atoms with van der Waals surface area (Å²) in [7, 11) is -14.2. The van der Waals surface area contributed by atoms with Crippen molar-refractivity contribution in [3.8, 4) is 11.8 Å². The summed E-state index contributed by atoms with van der Waals surface area (Å²) in [5.74, 6) is 4.08. The van der Waals surface area contributed by atoms with Gasteiger partial charge in [0, 0.05) is 35.1 Å². The average molecular weight is 935 g/mol. The molecule has 0 spiro atoms. The van der Waals surface area contributed by atoms with Crippen molar-refractivity contribution in [2.75, 3.05) is 25.5 Å². The Morgan fingerprint density at radius 1 is 1.03 bits per heavy atom. The van der Waals surface area contributed by atoms with Gasteiger partial charge >= 0.3 is 41.1 Å². The number of nitrogens with two attached hydrogens (primary N) is 1. The van der Waals surface area contributed by atoms with E-state index in [2.05, 4.69) is 35.5 Å². The molecule has 7 atom stereocenters. The number of aromatic nitrogens is 2. The summed E-state index contributed by atoms with van der Waals surface area (Å²) in [5.41, 5.74) is 13.4. The Kier molecular flexibility index (Phi) is 17.6. The van der Waals surface area contributed by atoms with E-state index in [9.17, 15) is 42.7 Å². The van der Waals surface area contributed by atoms with Gasteiger partial charge in [0.2, 0.25) is 0 Å². The van der Waals surface area contributed by atoms with Crippen molar-refractivity contribution in [2.45, 2.75) is 50.0 Å². The number of H-pyrrole nitrogens is 1. The van der Waals surface area contributed by atoms with Gasteiger partial charge in [-0.05, 0) is 35.7 Å². The van der Waals surface area contributed by atoms with E-state index in [1.54, 1.807) is 41.1 Å². The highest BCUT2D eigenvalue weighted by Gasteiger charge is 2.44. The Morgan fingerprint density at radius 3 is 2.33 bits per heavy atom. The highest BCUT2D eigenvalue weighted by Crippen LogP contribution is 2.66. The van der Waals surface area contributed by atoms with Crippen LogP contribution in [0.15, 0.2) is 69.4 Å². The highest BCUT2D eigenvalue weighted by atomic mass is 33.1. The van der Waals surface area contributed by atoms with Crippen molar-refractivity contribution < 1.29 is 70.2 Å². The van der Waals surface area contributed by atoms with Crippen LogP contribution in [0.1, 0.15) is 75.2 Å². The topological polar surface area (TPSA) is 351 Å². The van der Waals surface area contributed by atoms with Crippen LogP contribution in [0.2, 0.25) is 0 Å². The van der Waals surface area contributed by atoms with Gasteiger partial charge in [-0.3, -0.25) is 18.9 Å². The second-order valence-electron chi connectivity index (χ2n) is 12.2. The number of nitrogens with zero attached hydrogens (tertiary/aromatic N) is 4. The average Bonchev–Trinajstić information content (AvgIpc) is 3.56. The van der Waals surface area contributed by atoms with Gasteiger partial charge in [-0.25, -0.2) is 28.1 Å². The Bertz CT molecular complexity index is 2430. The van der Waals surface area contributed by atoms with Crippen LogP contribution in [-0.4, -0.2) is 78.8 Å². The minimum absolute atomic E-state index is 0.0645. The number of benzene rings is 2. The first-order valence-corrected chi connectivity index (χ1v) is 24.0. The molecule has 1 saturated heterocycles. The zero-order valence-corrected chi connectivity index (χ0v) is 35.6. The number of nitrogens with one attached hydrogen (secondary N) is 1. The maximum absolute atomic E-state index is 13.5. The fraction of sp³-hybridized carbons (Fsp3) is 0.375. The standard InChI is InChI=1S/C32H37N6O17P3S2/c1-19(36-37-34)22-9-3-5-11-24(22)31(41)53-26-16-28(52-27(26)18-51-57(46,47)55-58(48,49)54-56(43,44)45)38-17-21(29(39)35-32(38)42)8-7-14-50-30(40)25-12-6-4-10-23(25)20(2)60-59-15-13-33/h3-6,9-12,17,19-20,26-28H,13-16,18,33H2,1-2H3,(H,46,47)(H,48,49)(H,35,39,42)(H2,43,44,45)/t19?,20?,26?,27-,28-/m1/s1. The number of carbonyl (C=O) groups is 2. The van der Waals surface area contributed by atoms with Gasteiger partial charge in [-0.15, -0.1) is 0 Å². The molecular formula is C32H37N6O17P3S2. The highest BCUT2D eigenvalue weighted by molar-refractivity contribution is 8.76. The normalized spacial score (nSPS) is 19.4. The Balaban J connectivity index is 1.57. The van der Waals surface area contributed by atoms with E-state index in [-0.39, 0.29) is 21.9 Å². The molecule has 28 heteroatoms. The molecule has 4 rings (SSSR count). The van der Waals surface area contributed by atoms with Gasteiger partial charge in [-0.2, -0.15) is 8.62 Å². The van der Waals surface area contributed by atoms with Crippen LogP contribution in [0.25, 0.3) is 10.4 Å². The number of carbonyl (C=O) groups excluding carboxylic acids is 2. The summed E-state index contributed by atoms with van der Waals surface area (Å²) < 4.78 is 65.3. The second kappa shape index (κ2) is 21.7. The van der Waals surface area contributed by atoms with Gasteiger partial charge < -0.3 is 39.5 Å². The zero-order valence-electron chi connectivity index (χ0n) is 31.2. The maximum atomic E-state index is 13.5. The van der Waals surface area contributed by atoms with E-state index in [0.29, 0.717) is 12.1 Å². The molecule has 2 heterocycles. The summed E-state index contributed by atoms with van der Waals surface area (Å²) in [6, 6.07) is 11.9.